The Kier molecular flexibility index (Phi) is 3.63. The number of hydrogen-bond donors (Lipinski definition) is 1. The van der Waals surface area contributed by atoms with Crippen molar-refractivity contribution in [3.8, 4) is 0 Å². The molecule has 128 valence electrons. The second-order valence-corrected chi connectivity index (χ2v) is 6.83. The number of oxazole rings is 1. The number of benzene rings is 1. The Morgan fingerprint density at radius 2 is 2.08 bits per heavy atom. The number of rotatable bonds is 3. The van der Waals surface area contributed by atoms with Gasteiger partial charge < -0.3 is 14.6 Å². The summed E-state index contributed by atoms with van der Waals surface area (Å²) in [6, 6.07) is 5.70. The van der Waals surface area contributed by atoms with Crippen molar-refractivity contribution in [1.82, 2.24) is 10.3 Å². The summed E-state index contributed by atoms with van der Waals surface area (Å²) in [5, 5.41) is 3.33. The molecule has 1 aliphatic heterocycles. The van der Waals surface area contributed by atoms with Crippen LogP contribution in [0.5, 0.6) is 0 Å². The van der Waals surface area contributed by atoms with Gasteiger partial charge in [-0.1, -0.05) is 11.6 Å². The van der Waals surface area contributed by atoms with E-state index < -0.39 is 17.7 Å². The average Bonchev–Trinajstić information content (AvgIpc) is 3.00. The van der Waals surface area contributed by atoms with E-state index in [-0.39, 0.29) is 12.5 Å². The van der Waals surface area contributed by atoms with Gasteiger partial charge in [0, 0.05) is 30.6 Å². The number of alkyl halides is 2. The van der Waals surface area contributed by atoms with Gasteiger partial charge in [0.15, 0.2) is 5.58 Å². The van der Waals surface area contributed by atoms with E-state index in [1.54, 1.807) is 18.2 Å². The quantitative estimate of drug-likeness (QED) is 0.918. The summed E-state index contributed by atoms with van der Waals surface area (Å²) >= 11 is 5.94. The molecule has 8 heteroatoms. The number of halogens is 3. The first-order valence-corrected chi connectivity index (χ1v) is 8.29. The number of piperidine rings is 1. The van der Waals surface area contributed by atoms with E-state index in [1.807, 2.05) is 4.90 Å². The summed E-state index contributed by atoms with van der Waals surface area (Å²) in [5.41, 5.74) is 1.37. The minimum Gasteiger partial charge on any atom is -0.423 e. The number of nitrogens with zero attached hydrogens (tertiary/aromatic N) is 2. The molecule has 2 aromatic rings. The van der Waals surface area contributed by atoms with Gasteiger partial charge in [0.2, 0.25) is 5.91 Å². The second kappa shape index (κ2) is 5.58. The van der Waals surface area contributed by atoms with E-state index in [2.05, 4.69) is 10.3 Å². The van der Waals surface area contributed by atoms with Crippen LogP contribution in [-0.4, -0.2) is 35.9 Å². The van der Waals surface area contributed by atoms with Crippen LogP contribution >= 0.6 is 11.6 Å². The molecule has 2 fully saturated rings. The van der Waals surface area contributed by atoms with Gasteiger partial charge in [-0.2, -0.15) is 4.98 Å². The van der Waals surface area contributed by atoms with Crippen LogP contribution < -0.4 is 10.2 Å². The Labute approximate surface area is 142 Å². The van der Waals surface area contributed by atoms with Gasteiger partial charge in [-0.05, 0) is 31.0 Å². The first-order chi connectivity index (χ1) is 11.4. The van der Waals surface area contributed by atoms with Gasteiger partial charge in [0.1, 0.15) is 11.4 Å². The second-order valence-electron chi connectivity index (χ2n) is 6.40. The third-order valence-corrected chi connectivity index (χ3v) is 4.83. The smallest absolute Gasteiger partial charge is 0.298 e. The molecule has 1 amide bonds. The van der Waals surface area contributed by atoms with Crippen LogP contribution in [0.1, 0.15) is 19.3 Å². The summed E-state index contributed by atoms with van der Waals surface area (Å²) < 4.78 is 31.6. The molecular formula is C16H16ClF2N3O2. The largest absolute Gasteiger partial charge is 0.423 e. The predicted molar refractivity (Wildman–Crippen MR) is 85.5 cm³/mol. The lowest BCUT2D eigenvalue weighted by atomic mass is 10.1. The molecule has 1 aliphatic carbocycles. The first kappa shape index (κ1) is 15.6. The SMILES string of the molecule is O=C(NC1CCN(c2nc3cc(Cl)ccc3o2)CC1)C1CC1(F)F. The minimum atomic E-state index is -2.82. The molecule has 2 heterocycles. The Balaban J connectivity index is 1.36. The summed E-state index contributed by atoms with van der Waals surface area (Å²) in [6.07, 6.45) is 1.01. The van der Waals surface area contributed by atoms with Crippen molar-refractivity contribution in [3.05, 3.63) is 23.2 Å². The Hall–Kier alpha value is -1.89. The van der Waals surface area contributed by atoms with Crippen molar-refractivity contribution in [2.24, 2.45) is 5.92 Å². The molecule has 0 spiro atoms. The Bertz CT molecular complexity index is 787. The van der Waals surface area contributed by atoms with Crippen molar-refractivity contribution in [2.75, 3.05) is 18.0 Å². The summed E-state index contributed by atoms with van der Waals surface area (Å²) in [6.45, 7) is 1.29. The lowest BCUT2D eigenvalue weighted by Crippen LogP contribution is -2.45. The maximum Gasteiger partial charge on any atom is 0.298 e. The standard InChI is InChI=1S/C16H16ClF2N3O2/c17-9-1-2-13-12(7-9)21-15(24-13)22-5-3-10(4-6-22)20-14(23)11-8-16(11,18)19/h1-2,7,10-11H,3-6,8H2,(H,20,23). The fourth-order valence-electron chi connectivity index (χ4n) is 3.04. The number of anilines is 1. The molecule has 1 saturated carbocycles. The van der Waals surface area contributed by atoms with E-state index in [4.69, 9.17) is 16.0 Å². The molecule has 1 aromatic carbocycles. The van der Waals surface area contributed by atoms with Crippen molar-refractivity contribution in [3.63, 3.8) is 0 Å². The van der Waals surface area contributed by atoms with Crippen LogP contribution in [0.15, 0.2) is 22.6 Å². The molecule has 24 heavy (non-hydrogen) atoms. The zero-order valence-electron chi connectivity index (χ0n) is 12.8. The third kappa shape index (κ3) is 2.92. The third-order valence-electron chi connectivity index (χ3n) is 4.59. The number of carbonyl (C=O) groups is 1. The maximum absolute atomic E-state index is 12.9. The van der Waals surface area contributed by atoms with Crippen LogP contribution in [-0.2, 0) is 4.79 Å². The van der Waals surface area contributed by atoms with Crippen molar-refractivity contribution < 1.29 is 18.0 Å². The van der Waals surface area contributed by atoms with E-state index in [0.717, 1.165) is 0 Å². The number of nitrogens with one attached hydrogen (secondary N) is 1. The normalized spacial score (nSPS) is 23.5. The van der Waals surface area contributed by atoms with E-state index >= 15 is 0 Å². The molecule has 4 rings (SSSR count). The monoisotopic (exact) mass is 355 g/mol. The van der Waals surface area contributed by atoms with Crippen LogP contribution in [0.25, 0.3) is 11.1 Å². The molecule has 2 aliphatic rings. The Morgan fingerprint density at radius 3 is 2.75 bits per heavy atom. The average molecular weight is 356 g/mol. The van der Waals surface area contributed by atoms with Gasteiger partial charge >= 0.3 is 0 Å². The zero-order valence-corrected chi connectivity index (χ0v) is 13.5. The van der Waals surface area contributed by atoms with Crippen molar-refractivity contribution >= 4 is 34.6 Å². The fourth-order valence-corrected chi connectivity index (χ4v) is 3.20. The molecule has 1 atom stereocenters. The summed E-state index contributed by atoms with van der Waals surface area (Å²) in [7, 11) is 0. The molecule has 1 aromatic heterocycles. The van der Waals surface area contributed by atoms with Gasteiger partial charge in [-0.25, -0.2) is 8.78 Å². The van der Waals surface area contributed by atoms with Crippen molar-refractivity contribution in [1.29, 1.82) is 0 Å². The highest BCUT2D eigenvalue weighted by atomic mass is 35.5. The van der Waals surface area contributed by atoms with Gasteiger partial charge in [0.25, 0.3) is 11.9 Å². The molecule has 1 saturated heterocycles. The highest BCUT2D eigenvalue weighted by Gasteiger charge is 2.61. The number of carbonyl (C=O) groups excluding carboxylic acids is 1. The zero-order chi connectivity index (χ0) is 16.9. The number of aromatic nitrogens is 1. The number of fused-ring (bicyclic) bond motifs is 1. The molecule has 0 radical (unpaired) electrons. The summed E-state index contributed by atoms with van der Waals surface area (Å²) in [5.74, 6) is -4.49. The van der Waals surface area contributed by atoms with Crippen LogP contribution in [0.2, 0.25) is 5.02 Å². The highest BCUT2D eigenvalue weighted by molar-refractivity contribution is 6.31. The van der Waals surface area contributed by atoms with E-state index in [1.165, 1.54) is 0 Å². The van der Waals surface area contributed by atoms with Crippen LogP contribution in [0.4, 0.5) is 14.8 Å². The molecule has 0 bridgehead atoms. The minimum absolute atomic E-state index is 0.0797. The lowest BCUT2D eigenvalue weighted by Gasteiger charge is -2.31. The van der Waals surface area contributed by atoms with E-state index in [0.29, 0.717) is 48.1 Å². The van der Waals surface area contributed by atoms with E-state index in [9.17, 15) is 13.6 Å². The van der Waals surface area contributed by atoms with Crippen LogP contribution in [0.3, 0.4) is 0 Å². The van der Waals surface area contributed by atoms with Gasteiger partial charge in [0.05, 0.1) is 0 Å². The summed E-state index contributed by atoms with van der Waals surface area (Å²) in [4.78, 5) is 18.2. The highest BCUT2D eigenvalue weighted by Crippen LogP contribution is 2.48. The topological polar surface area (TPSA) is 58.4 Å². The van der Waals surface area contributed by atoms with Gasteiger partial charge in [-0.15, -0.1) is 0 Å². The molecule has 5 nitrogen and oxygen atoms in total. The molecular weight excluding hydrogens is 340 g/mol. The Morgan fingerprint density at radius 1 is 1.38 bits per heavy atom. The maximum atomic E-state index is 12.9. The molecule has 1 N–H and O–H groups in total. The van der Waals surface area contributed by atoms with Crippen LogP contribution in [0, 0.1) is 5.92 Å². The fraction of sp³-hybridized carbons (Fsp3) is 0.500. The molecule has 1 unspecified atom stereocenters. The first-order valence-electron chi connectivity index (χ1n) is 7.91. The van der Waals surface area contributed by atoms with Crippen molar-refractivity contribution in [2.45, 2.75) is 31.2 Å². The van der Waals surface area contributed by atoms with Gasteiger partial charge in [-0.3, -0.25) is 4.79 Å². The number of hydrogen-bond acceptors (Lipinski definition) is 4. The predicted octanol–water partition coefficient (Wildman–Crippen LogP) is 3.22. The number of amides is 1. The lowest BCUT2D eigenvalue weighted by molar-refractivity contribution is -0.125.